The van der Waals surface area contributed by atoms with Crippen LogP contribution in [0, 0.1) is 0 Å². The molecule has 34 heavy (non-hydrogen) atoms. The van der Waals surface area contributed by atoms with Gasteiger partial charge in [-0.2, -0.15) is 0 Å². The molecule has 1 saturated heterocycles. The maximum absolute atomic E-state index is 12.8. The number of rotatable bonds is 10. The van der Waals surface area contributed by atoms with Crippen LogP contribution in [0.1, 0.15) is 38.2 Å². The molecule has 1 aromatic heterocycles. The number of benzene rings is 2. The van der Waals surface area contributed by atoms with Gasteiger partial charge in [0, 0.05) is 30.9 Å². The summed E-state index contributed by atoms with van der Waals surface area (Å²) in [4.78, 5) is 6.99. The molecule has 6 nitrogen and oxygen atoms in total. The van der Waals surface area contributed by atoms with Crippen molar-refractivity contribution in [2.75, 3.05) is 26.2 Å². The number of nitrogens with zero attached hydrogens (tertiary/aromatic N) is 2. The second-order valence-electron chi connectivity index (χ2n) is 9.07. The van der Waals surface area contributed by atoms with E-state index in [1.165, 1.54) is 0 Å². The predicted octanol–water partition coefficient (Wildman–Crippen LogP) is 4.69. The van der Waals surface area contributed by atoms with Crippen molar-refractivity contribution in [3.63, 3.8) is 0 Å². The van der Waals surface area contributed by atoms with E-state index in [0.717, 1.165) is 55.0 Å². The second kappa shape index (κ2) is 11.1. The minimum Gasteiger partial charge on any atom is -0.494 e. The molecule has 1 aliphatic heterocycles. The van der Waals surface area contributed by atoms with Crippen LogP contribution in [0.25, 0.3) is 11.3 Å². The Bertz CT molecular complexity index is 1150. The number of aromatic nitrogens is 1. The number of hydrogen-bond acceptors (Lipinski definition) is 5. The van der Waals surface area contributed by atoms with Crippen molar-refractivity contribution in [1.82, 2.24) is 14.6 Å². The van der Waals surface area contributed by atoms with Gasteiger partial charge in [0.15, 0.2) is 0 Å². The summed E-state index contributed by atoms with van der Waals surface area (Å²) in [5.74, 6) is 1.22. The zero-order valence-corrected chi connectivity index (χ0v) is 20.7. The summed E-state index contributed by atoms with van der Waals surface area (Å²) >= 11 is 0. The topological polar surface area (TPSA) is 71.5 Å². The van der Waals surface area contributed by atoms with Crippen LogP contribution in [0.2, 0.25) is 0 Å². The fourth-order valence-corrected chi connectivity index (χ4v) is 5.45. The molecule has 0 spiro atoms. The number of sulfonamides is 1. The first-order valence-electron chi connectivity index (χ1n) is 11.9. The van der Waals surface area contributed by atoms with Crippen LogP contribution >= 0.6 is 0 Å². The Morgan fingerprint density at radius 1 is 1.06 bits per heavy atom. The fourth-order valence-electron chi connectivity index (χ4n) is 4.18. The molecule has 4 rings (SSSR count). The van der Waals surface area contributed by atoms with Gasteiger partial charge in [-0.1, -0.05) is 32.0 Å². The third-order valence-corrected chi connectivity index (χ3v) is 7.69. The van der Waals surface area contributed by atoms with E-state index in [-0.39, 0.29) is 6.04 Å². The van der Waals surface area contributed by atoms with Gasteiger partial charge in [0.2, 0.25) is 10.0 Å². The molecule has 0 unspecified atom stereocenters. The van der Waals surface area contributed by atoms with E-state index in [4.69, 9.17) is 4.74 Å². The number of ether oxygens (including phenoxy) is 1. The zero-order valence-electron chi connectivity index (χ0n) is 19.9. The van der Waals surface area contributed by atoms with Gasteiger partial charge in [0.25, 0.3) is 0 Å². The van der Waals surface area contributed by atoms with E-state index >= 15 is 0 Å². The summed E-state index contributed by atoms with van der Waals surface area (Å²) in [6.07, 6.45) is 3.49. The molecule has 3 aromatic rings. The lowest BCUT2D eigenvalue weighted by Gasteiger charge is -2.17. The van der Waals surface area contributed by atoms with Gasteiger partial charge >= 0.3 is 0 Å². The molecule has 1 fully saturated rings. The van der Waals surface area contributed by atoms with Crippen molar-refractivity contribution in [3.05, 3.63) is 78.5 Å². The van der Waals surface area contributed by atoms with E-state index < -0.39 is 10.0 Å². The van der Waals surface area contributed by atoms with Gasteiger partial charge in [0.05, 0.1) is 17.2 Å². The SMILES string of the molecule is CC(C)c1ccc(S(=O)(=O)N[C@@H]2CCN(CCCOc3ccc(-c4ccccn4)cc3)C2)cc1. The highest BCUT2D eigenvalue weighted by Crippen LogP contribution is 2.21. The average molecular weight is 480 g/mol. The second-order valence-corrected chi connectivity index (χ2v) is 10.8. The molecule has 1 aliphatic rings. The Balaban J connectivity index is 1.19. The molecule has 180 valence electrons. The van der Waals surface area contributed by atoms with Crippen molar-refractivity contribution in [3.8, 4) is 17.0 Å². The summed E-state index contributed by atoms with van der Waals surface area (Å²) in [6.45, 7) is 7.31. The number of hydrogen-bond donors (Lipinski definition) is 1. The largest absolute Gasteiger partial charge is 0.494 e. The molecule has 0 radical (unpaired) electrons. The zero-order chi connectivity index (χ0) is 24.0. The third kappa shape index (κ3) is 6.44. The van der Waals surface area contributed by atoms with Gasteiger partial charge in [-0.15, -0.1) is 0 Å². The Kier molecular flexibility index (Phi) is 7.98. The van der Waals surface area contributed by atoms with Crippen LogP contribution in [-0.4, -0.2) is 50.6 Å². The molecule has 0 aliphatic carbocycles. The Labute approximate surface area is 203 Å². The van der Waals surface area contributed by atoms with Crippen LogP contribution in [0.4, 0.5) is 0 Å². The lowest BCUT2D eigenvalue weighted by molar-refractivity contribution is 0.261. The normalized spacial score (nSPS) is 16.7. The number of likely N-dealkylation sites (tertiary alicyclic amines) is 1. The summed E-state index contributed by atoms with van der Waals surface area (Å²) in [5, 5.41) is 0. The molecule has 2 aromatic carbocycles. The molecule has 1 N–H and O–H groups in total. The highest BCUT2D eigenvalue weighted by atomic mass is 32.2. The predicted molar refractivity (Wildman–Crippen MR) is 135 cm³/mol. The van der Waals surface area contributed by atoms with Gasteiger partial charge in [-0.05, 0) is 79.4 Å². The van der Waals surface area contributed by atoms with E-state index in [9.17, 15) is 8.42 Å². The smallest absolute Gasteiger partial charge is 0.240 e. The number of pyridine rings is 1. The molecule has 1 atom stereocenters. The molecule has 0 saturated carbocycles. The summed E-state index contributed by atoms with van der Waals surface area (Å²) in [7, 11) is -3.50. The molecule has 2 heterocycles. The minimum absolute atomic E-state index is 0.0603. The van der Waals surface area contributed by atoms with E-state index in [2.05, 4.69) is 28.5 Å². The molecule has 0 bridgehead atoms. The maximum Gasteiger partial charge on any atom is 0.240 e. The van der Waals surface area contributed by atoms with Gasteiger partial charge in [-0.25, -0.2) is 13.1 Å². The molecule has 0 amide bonds. The number of nitrogens with one attached hydrogen (secondary N) is 1. The van der Waals surface area contributed by atoms with Crippen molar-refractivity contribution in [2.24, 2.45) is 0 Å². The fraction of sp³-hybridized carbons (Fsp3) is 0.370. The average Bonchev–Trinajstić information content (AvgIpc) is 3.29. The lowest BCUT2D eigenvalue weighted by Crippen LogP contribution is -2.37. The van der Waals surface area contributed by atoms with Crippen LogP contribution in [-0.2, 0) is 10.0 Å². The monoisotopic (exact) mass is 479 g/mol. The third-order valence-electron chi connectivity index (χ3n) is 6.15. The molecular formula is C27H33N3O3S. The first kappa shape index (κ1) is 24.4. The van der Waals surface area contributed by atoms with Crippen molar-refractivity contribution >= 4 is 10.0 Å². The van der Waals surface area contributed by atoms with Crippen LogP contribution in [0.15, 0.2) is 77.8 Å². The minimum atomic E-state index is -3.50. The first-order valence-corrected chi connectivity index (χ1v) is 13.4. The van der Waals surface area contributed by atoms with Crippen molar-refractivity contribution in [2.45, 2.75) is 43.5 Å². The molecular weight excluding hydrogens is 446 g/mol. The van der Waals surface area contributed by atoms with E-state index in [0.29, 0.717) is 17.4 Å². The Morgan fingerprint density at radius 3 is 2.50 bits per heavy atom. The highest BCUT2D eigenvalue weighted by Gasteiger charge is 2.27. The van der Waals surface area contributed by atoms with Gasteiger partial charge < -0.3 is 9.64 Å². The van der Waals surface area contributed by atoms with Crippen molar-refractivity contribution in [1.29, 1.82) is 0 Å². The standard InChI is InChI=1S/C27H33N3O3S/c1-21(2)22-9-13-26(14-10-22)34(31,32)29-24-15-18-30(20-24)17-5-19-33-25-11-7-23(8-12-25)27-6-3-4-16-28-27/h3-4,6-14,16,21,24,29H,5,15,17-20H2,1-2H3/t24-/m1/s1. The Hall–Kier alpha value is -2.74. The summed E-state index contributed by atoms with van der Waals surface area (Å²) in [5.41, 5.74) is 3.15. The lowest BCUT2D eigenvalue weighted by atomic mass is 10.0. The van der Waals surface area contributed by atoms with Gasteiger partial charge in [0.1, 0.15) is 5.75 Å². The molecule has 7 heteroatoms. The van der Waals surface area contributed by atoms with Crippen LogP contribution in [0.5, 0.6) is 5.75 Å². The summed E-state index contributed by atoms with van der Waals surface area (Å²) in [6, 6.07) is 21.0. The van der Waals surface area contributed by atoms with Crippen molar-refractivity contribution < 1.29 is 13.2 Å². The highest BCUT2D eigenvalue weighted by molar-refractivity contribution is 7.89. The van der Waals surface area contributed by atoms with E-state index in [1.54, 1.807) is 18.3 Å². The first-order chi connectivity index (χ1) is 16.4. The van der Waals surface area contributed by atoms with Crippen LogP contribution in [0.3, 0.4) is 0 Å². The van der Waals surface area contributed by atoms with E-state index in [1.807, 2.05) is 54.6 Å². The quantitative estimate of drug-likeness (QED) is 0.427. The summed E-state index contributed by atoms with van der Waals surface area (Å²) < 4.78 is 34.3. The van der Waals surface area contributed by atoms with Gasteiger partial charge in [-0.3, -0.25) is 4.98 Å². The maximum atomic E-state index is 12.8. The Morgan fingerprint density at radius 2 is 1.82 bits per heavy atom. The van der Waals surface area contributed by atoms with Crippen LogP contribution < -0.4 is 9.46 Å².